The van der Waals surface area contributed by atoms with E-state index in [9.17, 15) is 9.59 Å². The van der Waals surface area contributed by atoms with Crippen LogP contribution in [0.2, 0.25) is 0 Å². The van der Waals surface area contributed by atoms with Crippen LogP contribution in [0.3, 0.4) is 0 Å². The van der Waals surface area contributed by atoms with Crippen molar-refractivity contribution in [3.8, 4) is 0 Å². The smallest absolute Gasteiger partial charge is 0.339 e. The van der Waals surface area contributed by atoms with Gasteiger partial charge in [0.25, 0.3) is 5.91 Å². The molecule has 1 atom stereocenters. The van der Waals surface area contributed by atoms with Gasteiger partial charge in [0, 0.05) is 12.6 Å². The number of fused-ring (bicyclic) bond motifs is 1. The van der Waals surface area contributed by atoms with Gasteiger partial charge in [-0.05, 0) is 43.0 Å². The molecule has 0 bridgehead atoms. The van der Waals surface area contributed by atoms with Crippen molar-refractivity contribution >= 4 is 22.6 Å². The molecule has 23 heavy (non-hydrogen) atoms. The Bertz CT molecular complexity index is 720. The minimum atomic E-state index is -0.445. The van der Waals surface area contributed by atoms with Crippen molar-refractivity contribution in [3.63, 3.8) is 0 Å². The number of ether oxygens (including phenoxy) is 1. The van der Waals surface area contributed by atoms with Crippen LogP contribution >= 0.6 is 0 Å². The zero-order chi connectivity index (χ0) is 16.2. The molecule has 2 aromatic carbocycles. The van der Waals surface area contributed by atoms with Crippen LogP contribution < -0.4 is 0 Å². The van der Waals surface area contributed by atoms with Crippen molar-refractivity contribution in [2.75, 3.05) is 13.2 Å². The molecule has 4 heteroatoms. The SMILES string of the molecule is CC1CCCCN1C(=O)COC(=O)c1cccc2ccccc12. The first-order valence-electron chi connectivity index (χ1n) is 8.11. The number of nitrogens with zero attached hydrogens (tertiary/aromatic N) is 1. The molecule has 0 radical (unpaired) electrons. The lowest BCUT2D eigenvalue weighted by molar-refractivity contribution is -0.137. The zero-order valence-corrected chi connectivity index (χ0v) is 13.3. The zero-order valence-electron chi connectivity index (χ0n) is 13.3. The summed E-state index contributed by atoms with van der Waals surface area (Å²) < 4.78 is 5.27. The van der Waals surface area contributed by atoms with Crippen molar-refractivity contribution in [3.05, 3.63) is 48.0 Å². The van der Waals surface area contributed by atoms with Crippen molar-refractivity contribution in [1.29, 1.82) is 0 Å². The summed E-state index contributed by atoms with van der Waals surface area (Å²) >= 11 is 0. The van der Waals surface area contributed by atoms with Crippen LogP contribution in [0.5, 0.6) is 0 Å². The molecule has 1 aliphatic rings. The van der Waals surface area contributed by atoms with E-state index in [-0.39, 0.29) is 18.6 Å². The standard InChI is InChI=1S/C19H21NO3/c1-14-7-4-5-12-20(14)18(21)13-23-19(22)17-11-6-9-15-8-2-3-10-16(15)17/h2-3,6,8-11,14H,4-5,7,12-13H2,1H3. The van der Waals surface area contributed by atoms with Gasteiger partial charge in [0.2, 0.25) is 0 Å². The number of esters is 1. The molecule has 0 aromatic heterocycles. The average molecular weight is 311 g/mol. The van der Waals surface area contributed by atoms with Crippen molar-refractivity contribution in [2.45, 2.75) is 32.2 Å². The van der Waals surface area contributed by atoms with Gasteiger partial charge in [-0.1, -0.05) is 36.4 Å². The van der Waals surface area contributed by atoms with Crippen LogP contribution in [0.15, 0.2) is 42.5 Å². The molecular formula is C19H21NO3. The van der Waals surface area contributed by atoms with E-state index >= 15 is 0 Å². The number of carbonyl (C=O) groups is 2. The first-order valence-corrected chi connectivity index (χ1v) is 8.11. The predicted molar refractivity (Wildman–Crippen MR) is 89.3 cm³/mol. The fourth-order valence-electron chi connectivity index (χ4n) is 3.16. The predicted octanol–water partition coefficient (Wildman–Crippen LogP) is 3.40. The Morgan fingerprint density at radius 1 is 1.13 bits per heavy atom. The van der Waals surface area contributed by atoms with Crippen molar-refractivity contribution < 1.29 is 14.3 Å². The Kier molecular flexibility index (Phi) is 4.60. The lowest BCUT2D eigenvalue weighted by Crippen LogP contribution is -2.44. The summed E-state index contributed by atoms with van der Waals surface area (Å²) in [6.45, 7) is 2.61. The molecule has 1 unspecified atom stereocenters. The van der Waals surface area contributed by atoms with Gasteiger partial charge in [-0.15, -0.1) is 0 Å². The molecule has 0 saturated carbocycles. The fourth-order valence-corrected chi connectivity index (χ4v) is 3.16. The topological polar surface area (TPSA) is 46.6 Å². The second-order valence-electron chi connectivity index (χ2n) is 6.03. The van der Waals surface area contributed by atoms with Crippen LogP contribution in [0, 0.1) is 0 Å². The first-order chi connectivity index (χ1) is 11.2. The number of benzene rings is 2. The maximum Gasteiger partial charge on any atom is 0.339 e. The minimum absolute atomic E-state index is 0.106. The summed E-state index contributed by atoms with van der Waals surface area (Å²) in [5.74, 6) is -0.550. The molecule has 1 saturated heterocycles. The number of carbonyl (C=O) groups excluding carboxylic acids is 2. The van der Waals surface area contributed by atoms with Gasteiger partial charge in [-0.2, -0.15) is 0 Å². The van der Waals surface area contributed by atoms with Gasteiger partial charge in [-0.3, -0.25) is 4.79 Å². The van der Waals surface area contributed by atoms with Gasteiger partial charge >= 0.3 is 5.97 Å². The Hall–Kier alpha value is -2.36. The number of rotatable bonds is 3. The van der Waals surface area contributed by atoms with Gasteiger partial charge in [0.05, 0.1) is 5.56 Å². The average Bonchev–Trinajstić information content (AvgIpc) is 2.59. The second kappa shape index (κ2) is 6.82. The summed E-state index contributed by atoms with van der Waals surface area (Å²) in [6.07, 6.45) is 3.19. The van der Waals surface area contributed by atoms with E-state index in [0.717, 1.165) is 36.6 Å². The lowest BCUT2D eigenvalue weighted by atomic mass is 10.0. The Labute approximate surface area is 136 Å². The van der Waals surface area contributed by atoms with Crippen LogP contribution in [0.25, 0.3) is 10.8 Å². The van der Waals surface area contributed by atoms with Gasteiger partial charge in [0.15, 0.2) is 6.61 Å². The Balaban J connectivity index is 1.68. The van der Waals surface area contributed by atoms with Crippen molar-refractivity contribution in [2.24, 2.45) is 0 Å². The summed E-state index contributed by atoms with van der Waals surface area (Å²) in [5, 5.41) is 1.83. The third-order valence-electron chi connectivity index (χ3n) is 4.46. The van der Waals surface area contributed by atoms with Crippen LogP contribution in [-0.4, -0.2) is 36.0 Å². The monoisotopic (exact) mass is 311 g/mol. The number of hydrogen-bond donors (Lipinski definition) is 0. The van der Waals surface area contributed by atoms with Gasteiger partial charge in [-0.25, -0.2) is 4.79 Å². The lowest BCUT2D eigenvalue weighted by Gasteiger charge is -2.33. The molecule has 0 N–H and O–H groups in total. The molecular weight excluding hydrogens is 290 g/mol. The molecule has 1 fully saturated rings. The summed E-state index contributed by atoms with van der Waals surface area (Å²) in [7, 11) is 0. The summed E-state index contributed by atoms with van der Waals surface area (Å²) in [6, 6.07) is 13.4. The molecule has 0 aliphatic carbocycles. The maximum absolute atomic E-state index is 12.3. The van der Waals surface area contributed by atoms with Crippen LogP contribution in [0.1, 0.15) is 36.5 Å². The van der Waals surface area contributed by atoms with E-state index in [1.54, 1.807) is 6.07 Å². The highest BCUT2D eigenvalue weighted by atomic mass is 16.5. The second-order valence-corrected chi connectivity index (χ2v) is 6.03. The van der Waals surface area contributed by atoms with E-state index in [1.165, 1.54) is 0 Å². The third-order valence-corrected chi connectivity index (χ3v) is 4.46. The van der Waals surface area contributed by atoms with E-state index in [4.69, 9.17) is 4.74 Å². The number of likely N-dealkylation sites (tertiary alicyclic amines) is 1. The quantitative estimate of drug-likeness (QED) is 0.816. The summed E-state index contributed by atoms with van der Waals surface area (Å²) in [5.41, 5.74) is 0.502. The van der Waals surface area contributed by atoms with Gasteiger partial charge < -0.3 is 9.64 Å². The highest BCUT2D eigenvalue weighted by Gasteiger charge is 2.24. The molecule has 1 amide bonds. The van der Waals surface area contributed by atoms with E-state index < -0.39 is 5.97 Å². The fraction of sp³-hybridized carbons (Fsp3) is 0.368. The molecule has 1 heterocycles. The maximum atomic E-state index is 12.3. The molecule has 1 aliphatic heterocycles. The summed E-state index contributed by atoms with van der Waals surface area (Å²) in [4.78, 5) is 26.4. The van der Waals surface area contributed by atoms with E-state index in [2.05, 4.69) is 0 Å². The van der Waals surface area contributed by atoms with E-state index in [0.29, 0.717) is 5.56 Å². The highest BCUT2D eigenvalue weighted by molar-refractivity contribution is 6.04. The highest BCUT2D eigenvalue weighted by Crippen LogP contribution is 2.20. The van der Waals surface area contributed by atoms with Gasteiger partial charge in [0.1, 0.15) is 0 Å². The van der Waals surface area contributed by atoms with Crippen LogP contribution in [0.4, 0.5) is 0 Å². The Morgan fingerprint density at radius 2 is 1.91 bits per heavy atom. The van der Waals surface area contributed by atoms with Crippen LogP contribution in [-0.2, 0) is 9.53 Å². The molecule has 2 aromatic rings. The Morgan fingerprint density at radius 3 is 2.74 bits per heavy atom. The van der Waals surface area contributed by atoms with Crippen molar-refractivity contribution in [1.82, 2.24) is 4.90 Å². The number of hydrogen-bond acceptors (Lipinski definition) is 3. The molecule has 120 valence electrons. The number of amides is 1. The normalized spacial score (nSPS) is 18.0. The molecule has 3 rings (SSSR count). The van der Waals surface area contributed by atoms with E-state index in [1.807, 2.05) is 48.2 Å². The first kappa shape index (κ1) is 15.5. The minimum Gasteiger partial charge on any atom is -0.452 e. The number of piperidine rings is 1. The largest absolute Gasteiger partial charge is 0.452 e. The third kappa shape index (κ3) is 3.36. The molecule has 0 spiro atoms. The molecule has 4 nitrogen and oxygen atoms in total.